The lowest BCUT2D eigenvalue weighted by molar-refractivity contribution is -0.128. The van der Waals surface area contributed by atoms with Crippen LogP contribution in [0, 0.1) is 0 Å². The molecule has 21 heavy (non-hydrogen) atoms. The minimum absolute atomic E-state index is 0.0383. The fraction of sp³-hybridized carbons (Fsp3) is 0.875. The van der Waals surface area contributed by atoms with Crippen molar-refractivity contribution in [3.05, 3.63) is 0 Å². The van der Waals surface area contributed by atoms with Crippen molar-refractivity contribution in [2.75, 3.05) is 0 Å². The molecule has 0 amide bonds. The van der Waals surface area contributed by atoms with Crippen molar-refractivity contribution in [1.82, 2.24) is 0 Å². The number of carbonyl (C=O) groups is 1. The molecule has 1 N–H and O–H groups in total. The van der Waals surface area contributed by atoms with Gasteiger partial charge in [-0.2, -0.15) is 0 Å². The summed E-state index contributed by atoms with van der Waals surface area (Å²) in [6.07, 6.45) is 7.31. The van der Waals surface area contributed by atoms with Gasteiger partial charge in [0.1, 0.15) is 0 Å². The third kappa shape index (κ3) is 7.65. The molecule has 0 aliphatic rings. The Bertz CT molecular complexity index is 346. The van der Waals surface area contributed by atoms with Gasteiger partial charge in [-0.1, -0.05) is 65.0 Å². The lowest BCUT2D eigenvalue weighted by atomic mass is 10.1. The topological polar surface area (TPSA) is 58.9 Å². The third-order valence-corrected chi connectivity index (χ3v) is 8.59. The molecule has 0 atom stereocenters. The van der Waals surface area contributed by atoms with Crippen LogP contribution in [0.5, 0.6) is 0 Å². The van der Waals surface area contributed by atoms with Crippen LogP contribution in [-0.4, -0.2) is 25.2 Å². The second-order valence-corrected chi connectivity index (χ2v) is 11.9. The third-order valence-electron chi connectivity index (χ3n) is 4.28. The molecule has 0 aromatic carbocycles. The van der Waals surface area contributed by atoms with Crippen molar-refractivity contribution < 1.29 is 14.4 Å². The average Bonchev–Trinajstić information content (AvgIpc) is 2.36. The van der Waals surface area contributed by atoms with Gasteiger partial charge in [-0.3, -0.25) is 0 Å². The van der Waals surface area contributed by atoms with Crippen LogP contribution >= 0.6 is 0 Å². The molecule has 0 heterocycles. The summed E-state index contributed by atoms with van der Waals surface area (Å²) in [4.78, 5) is 12.1. The summed E-state index contributed by atoms with van der Waals surface area (Å²) in [5.74, 6) is -0.447. The second kappa shape index (κ2) is 9.23. The fourth-order valence-electron chi connectivity index (χ4n) is 1.71. The van der Waals surface area contributed by atoms with Crippen LogP contribution in [0.25, 0.3) is 0 Å². The Balaban J connectivity index is 4.27. The standard InChI is InChI=1S/C16H33NO3Si/c1-7-8-9-10-11-12-13-14(17-19)15(18)20-21(5,6)16(2,3)4/h19H,7-13H2,1-6H3. The summed E-state index contributed by atoms with van der Waals surface area (Å²) in [6.45, 7) is 12.5. The van der Waals surface area contributed by atoms with E-state index in [9.17, 15) is 4.79 Å². The van der Waals surface area contributed by atoms with Gasteiger partial charge in [0.15, 0.2) is 5.71 Å². The molecule has 0 spiro atoms. The lowest BCUT2D eigenvalue weighted by Gasteiger charge is -2.35. The maximum absolute atomic E-state index is 12.1. The van der Waals surface area contributed by atoms with Crippen LogP contribution in [0.3, 0.4) is 0 Å². The first-order valence-corrected chi connectivity index (χ1v) is 11.0. The minimum Gasteiger partial charge on any atom is -0.515 e. The summed E-state index contributed by atoms with van der Waals surface area (Å²) in [5, 5.41) is 12.2. The summed E-state index contributed by atoms with van der Waals surface area (Å²) in [7, 11) is -2.15. The van der Waals surface area contributed by atoms with Crippen molar-refractivity contribution in [3.8, 4) is 0 Å². The van der Waals surface area contributed by atoms with Crippen LogP contribution < -0.4 is 0 Å². The minimum atomic E-state index is -2.15. The number of carbonyl (C=O) groups excluding carboxylic acids is 1. The highest BCUT2D eigenvalue weighted by Crippen LogP contribution is 2.36. The van der Waals surface area contributed by atoms with Crippen LogP contribution in [0.1, 0.15) is 72.6 Å². The maximum atomic E-state index is 12.1. The summed E-state index contributed by atoms with van der Waals surface area (Å²) < 4.78 is 5.66. The fourth-order valence-corrected chi connectivity index (χ4v) is 2.60. The second-order valence-electron chi connectivity index (χ2n) is 7.21. The Hall–Kier alpha value is -0.843. The predicted octanol–water partition coefficient (Wildman–Crippen LogP) is 5.12. The molecule has 0 aromatic heterocycles. The zero-order chi connectivity index (χ0) is 16.5. The van der Waals surface area contributed by atoms with E-state index in [0.717, 1.165) is 12.8 Å². The van der Waals surface area contributed by atoms with Gasteiger partial charge in [0, 0.05) is 6.42 Å². The molecule has 0 aliphatic heterocycles. The van der Waals surface area contributed by atoms with Crippen molar-refractivity contribution in [2.24, 2.45) is 5.16 Å². The monoisotopic (exact) mass is 315 g/mol. The zero-order valence-electron chi connectivity index (χ0n) is 14.7. The molecule has 5 heteroatoms. The van der Waals surface area contributed by atoms with Gasteiger partial charge >= 0.3 is 5.97 Å². The number of hydrogen-bond donors (Lipinski definition) is 1. The van der Waals surface area contributed by atoms with Crippen LogP contribution in [-0.2, 0) is 9.22 Å². The molecule has 4 nitrogen and oxygen atoms in total. The predicted molar refractivity (Wildman–Crippen MR) is 90.5 cm³/mol. The average molecular weight is 316 g/mol. The van der Waals surface area contributed by atoms with Gasteiger partial charge in [-0.15, -0.1) is 0 Å². The molecule has 0 bridgehead atoms. The smallest absolute Gasteiger partial charge is 0.342 e. The first kappa shape index (κ1) is 20.2. The summed E-state index contributed by atoms with van der Waals surface area (Å²) in [6, 6.07) is 0. The number of hydrogen-bond acceptors (Lipinski definition) is 4. The Labute approximate surface area is 131 Å². The quantitative estimate of drug-likeness (QED) is 0.211. The molecular weight excluding hydrogens is 282 g/mol. The van der Waals surface area contributed by atoms with Crippen LogP contribution in [0.4, 0.5) is 0 Å². The normalized spacial score (nSPS) is 13.3. The van der Waals surface area contributed by atoms with E-state index < -0.39 is 14.3 Å². The molecule has 0 unspecified atom stereocenters. The van der Waals surface area contributed by atoms with Gasteiger partial charge in [-0.05, 0) is 24.6 Å². The summed E-state index contributed by atoms with van der Waals surface area (Å²) >= 11 is 0. The van der Waals surface area contributed by atoms with E-state index in [-0.39, 0.29) is 10.7 Å². The van der Waals surface area contributed by atoms with Crippen molar-refractivity contribution in [2.45, 2.75) is 90.8 Å². The van der Waals surface area contributed by atoms with Gasteiger partial charge in [-0.25, -0.2) is 4.79 Å². The molecule has 0 saturated heterocycles. The van der Waals surface area contributed by atoms with Crippen LogP contribution in [0.2, 0.25) is 18.1 Å². The number of nitrogens with zero attached hydrogens (tertiary/aromatic N) is 1. The van der Waals surface area contributed by atoms with Gasteiger partial charge in [0.05, 0.1) is 0 Å². The number of oxime groups is 1. The van der Waals surface area contributed by atoms with Gasteiger partial charge in [0.2, 0.25) is 0 Å². The van der Waals surface area contributed by atoms with Gasteiger partial charge in [0.25, 0.3) is 8.32 Å². The molecule has 0 radical (unpaired) electrons. The molecule has 0 aromatic rings. The largest absolute Gasteiger partial charge is 0.515 e. The highest BCUT2D eigenvalue weighted by Gasteiger charge is 2.41. The summed E-state index contributed by atoms with van der Waals surface area (Å²) in [5.41, 5.74) is 0.162. The van der Waals surface area contributed by atoms with E-state index in [1.54, 1.807) is 0 Å². The molecule has 0 saturated carbocycles. The van der Waals surface area contributed by atoms with E-state index in [1.807, 2.05) is 13.1 Å². The Morgan fingerprint density at radius 1 is 1.10 bits per heavy atom. The van der Waals surface area contributed by atoms with Crippen molar-refractivity contribution >= 4 is 20.0 Å². The first-order chi connectivity index (χ1) is 9.65. The highest BCUT2D eigenvalue weighted by atomic mass is 28.4. The van der Waals surface area contributed by atoms with Crippen molar-refractivity contribution in [1.29, 1.82) is 0 Å². The Morgan fingerprint density at radius 2 is 1.62 bits per heavy atom. The highest BCUT2D eigenvalue weighted by molar-refractivity contribution is 6.76. The molecule has 124 valence electrons. The number of rotatable bonds is 9. The van der Waals surface area contributed by atoms with E-state index >= 15 is 0 Å². The van der Waals surface area contributed by atoms with Gasteiger partial charge < -0.3 is 9.63 Å². The van der Waals surface area contributed by atoms with E-state index in [4.69, 9.17) is 9.63 Å². The zero-order valence-corrected chi connectivity index (χ0v) is 15.7. The number of unbranched alkanes of at least 4 members (excludes halogenated alkanes) is 5. The molecule has 0 rings (SSSR count). The molecule has 0 fully saturated rings. The van der Waals surface area contributed by atoms with E-state index in [2.05, 4.69) is 32.9 Å². The lowest BCUT2D eigenvalue weighted by Crippen LogP contribution is -2.44. The van der Waals surface area contributed by atoms with Crippen LogP contribution in [0.15, 0.2) is 5.16 Å². The first-order valence-electron chi connectivity index (χ1n) is 8.10. The Kier molecular flexibility index (Phi) is 8.86. The molecular formula is C16H33NO3Si. The van der Waals surface area contributed by atoms with E-state index in [1.165, 1.54) is 25.7 Å². The Morgan fingerprint density at radius 3 is 2.10 bits per heavy atom. The SMILES string of the molecule is CCCCCCCCC(=NO)C(=O)O[Si](C)(C)C(C)(C)C. The maximum Gasteiger partial charge on any atom is 0.342 e. The van der Waals surface area contributed by atoms with E-state index in [0.29, 0.717) is 6.42 Å². The molecule has 0 aliphatic carbocycles. The van der Waals surface area contributed by atoms with Crippen molar-refractivity contribution in [3.63, 3.8) is 0 Å².